The zero-order valence-electron chi connectivity index (χ0n) is 13.2. The van der Waals surface area contributed by atoms with Crippen LogP contribution in [-0.2, 0) is 19.0 Å². The van der Waals surface area contributed by atoms with E-state index in [1.165, 1.54) is 0 Å². The Morgan fingerprint density at radius 1 is 1.33 bits per heavy atom. The van der Waals surface area contributed by atoms with Crippen molar-refractivity contribution in [1.82, 2.24) is 10.2 Å². The van der Waals surface area contributed by atoms with Gasteiger partial charge in [-0.05, 0) is 26.3 Å². The van der Waals surface area contributed by atoms with Gasteiger partial charge in [-0.3, -0.25) is 9.69 Å². The molecule has 0 aromatic rings. The van der Waals surface area contributed by atoms with E-state index in [1.807, 2.05) is 7.05 Å². The molecule has 122 valence electrons. The van der Waals surface area contributed by atoms with Gasteiger partial charge in [-0.15, -0.1) is 0 Å². The van der Waals surface area contributed by atoms with Crippen LogP contribution in [0.4, 0.5) is 0 Å². The van der Waals surface area contributed by atoms with Crippen molar-refractivity contribution in [2.24, 2.45) is 0 Å². The molecule has 0 radical (unpaired) electrons. The van der Waals surface area contributed by atoms with Crippen molar-refractivity contribution in [1.29, 1.82) is 0 Å². The molecule has 6 heteroatoms. The second-order valence-electron chi connectivity index (χ2n) is 5.95. The van der Waals surface area contributed by atoms with Gasteiger partial charge in [0.2, 0.25) is 5.91 Å². The van der Waals surface area contributed by atoms with Gasteiger partial charge in [-0.2, -0.15) is 0 Å². The highest BCUT2D eigenvalue weighted by molar-refractivity contribution is 5.77. The summed E-state index contributed by atoms with van der Waals surface area (Å²) in [7, 11) is 3.69. The Bertz CT molecular complexity index is 322. The summed E-state index contributed by atoms with van der Waals surface area (Å²) in [6.45, 7) is 3.23. The van der Waals surface area contributed by atoms with Crippen LogP contribution in [0, 0.1) is 0 Å². The van der Waals surface area contributed by atoms with E-state index < -0.39 is 0 Å². The smallest absolute Gasteiger partial charge is 0.234 e. The first-order valence-electron chi connectivity index (χ1n) is 7.89. The molecule has 0 atom stereocenters. The lowest BCUT2D eigenvalue weighted by Crippen LogP contribution is -2.46. The number of likely N-dealkylation sites (N-methyl/N-ethyl adjacent to an activating group) is 1. The van der Waals surface area contributed by atoms with E-state index in [-0.39, 0.29) is 11.7 Å². The predicted molar refractivity (Wildman–Crippen MR) is 79.0 cm³/mol. The number of amides is 1. The Morgan fingerprint density at radius 3 is 2.62 bits per heavy atom. The van der Waals surface area contributed by atoms with Gasteiger partial charge in [0.25, 0.3) is 0 Å². The van der Waals surface area contributed by atoms with Crippen molar-refractivity contribution in [2.45, 2.75) is 43.9 Å². The predicted octanol–water partition coefficient (Wildman–Crippen LogP) is 0.757. The fourth-order valence-corrected chi connectivity index (χ4v) is 3.12. The SMILES string of the molecule is COCCCNC(=O)CN(C)C1CCC2(CC1)OCCO2. The molecule has 1 saturated carbocycles. The zero-order chi connectivity index (χ0) is 15.1. The van der Waals surface area contributed by atoms with E-state index in [0.717, 1.165) is 32.1 Å². The molecule has 6 nitrogen and oxygen atoms in total. The van der Waals surface area contributed by atoms with Crippen molar-refractivity contribution in [3.8, 4) is 0 Å². The second kappa shape index (κ2) is 8.08. The summed E-state index contributed by atoms with van der Waals surface area (Å²) in [5, 5.41) is 2.93. The lowest BCUT2D eigenvalue weighted by molar-refractivity contribution is -0.183. The quantitative estimate of drug-likeness (QED) is 0.703. The van der Waals surface area contributed by atoms with E-state index in [1.54, 1.807) is 7.11 Å². The van der Waals surface area contributed by atoms with Gasteiger partial charge in [0, 0.05) is 39.1 Å². The number of hydrogen-bond acceptors (Lipinski definition) is 5. The van der Waals surface area contributed by atoms with Crippen LogP contribution in [0.5, 0.6) is 0 Å². The van der Waals surface area contributed by atoms with Crippen molar-refractivity contribution in [3.63, 3.8) is 0 Å². The van der Waals surface area contributed by atoms with Crippen LogP contribution in [0.2, 0.25) is 0 Å². The summed E-state index contributed by atoms with van der Waals surface area (Å²) < 4.78 is 16.4. The normalized spacial score (nSPS) is 22.0. The number of carbonyl (C=O) groups excluding carboxylic acids is 1. The zero-order valence-corrected chi connectivity index (χ0v) is 13.2. The average molecular weight is 300 g/mol. The van der Waals surface area contributed by atoms with Crippen LogP contribution in [0.1, 0.15) is 32.1 Å². The molecule has 0 aromatic carbocycles. The van der Waals surface area contributed by atoms with Gasteiger partial charge in [0.1, 0.15) is 0 Å². The number of carbonyl (C=O) groups is 1. The third kappa shape index (κ3) is 4.92. The lowest BCUT2D eigenvalue weighted by atomic mass is 9.89. The fourth-order valence-electron chi connectivity index (χ4n) is 3.12. The Hall–Kier alpha value is -0.690. The van der Waals surface area contributed by atoms with Gasteiger partial charge in [0.05, 0.1) is 19.8 Å². The second-order valence-corrected chi connectivity index (χ2v) is 5.95. The maximum atomic E-state index is 11.9. The number of rotatable bonds is 7. The average Bonchev–Trinajstić information content (AvgIpc) is 2.92. The molecule has 1 spiro atoms. The van der Waals surface area contributed by atoms with Crippen molar-refractivity contribution >= 4 is 5.91 Å². The van der Waals surface area contributed by atoms with Gasteiger partial charge in [0.15, 0.2) is 5.79 Å². The molecule has 0 aromatic heterocycles. The maximum absolute atomic E-state index is 11.9. The van der Waals surface area contributed by atoms with Crippen LogP contribution >= 0.6 is 0 Å². The number of ether oxygens (including phenoxy) is 3. The van der Waals surface area contributed by atoms with Crippen LogP contribution in [0.25, 0.3) is 0 Å². The third-order valence-corrected chi connectivity index (χ3v) is 4.39. The van der Waals surface area contributed by atoms with Gasteiger partial charge >= 0.3 is 0 Å². The number of nitrogens with one attached hydrogen (secondary N) is 1. The van der Waals surface area contributed by atoms with Crippen molar-refractivity contribution in [2.75, 3.05) is 47.1 Å². The lowest BCUT2D eigenvalue weighted by Gasteiger charge is -2.38. The molecule has 1 N–H and O–H groups in total. The Labute approximate surface area is 127 Å². The maximum Gasteiger partial charge on any atom is 0.234 e. The topological polar surface area (TPSA) is 60.0 Å². The molecule has 2 fully saturated rings. The van der Waals surface area contributed by atoms with E-state index in [9.17, 15) is 4.79 Å². The van der Waals surface area contributed by atoms with Crippen molar-refractivity contribution in [3.05, 3.63) is 0 Å². The standard InChI is InChI=1S/C15H28N2O4/c1-17(12-14(18)16-8-3-9-19-2)13-4-6-15(7-5-13)20-10-11-21-15/h13H,3-12H2,1-2H3,(H,16,18). The number of methoxy groups -OCH3 is 1. The van der Waals surface area contributed by atoms with E-state index >= 15 is 0 Å². The van der Waals surface area contributed by atoms with Gasteiger partial charge < -0.3 is 19.5 Å². The van der Waals surface area contributed by atoms with Gasteiger partial charge in [-0.25, -0.2) is 0 Å². The summed E-state index contributed by atoms with van der Waals surface area (Å²) >= 11 is 0. The summed E-state index contributed by atoms with van der Waals surface area (Å²) in [4.78, 5) is 14.0. The molecule has 21 heavy (non-hydrogen) atoms. The van der Waals surface area contributed by atoms with Gasteiger partial charge in [-0.1, -0.05) is 0 Å². The highest BCUT2D eigenvalue weighted by Gasteiger charge is 2.41. The van der Waals surface area contributed by atoms with Crippen LogP contribution < -0.4 is 5.32 Å². The first-order chi connectivity index (χ1) is 10.2. The largest absolute Gasteiger partial charge is 0.385 e. The Balaban J connectivity index is 1.64. The molecule has 0 bridgehead atoms. The first kappa shape index (κ1) is 16.7. The summed E-state index contributed by atoms with van der Waals surface area (Å²) in [5.41, 5.74) is 0. The minimum atomic E-state index is -0.320. The Kier molecular flexibility index (Phi) is 6.41. The molecule has 1 aliphatic carbocycles. The minimum absolute atomic E-state index is 0.0854. The summed E-state index contributed by atoms with van der Waals surface area (Å²) in [6, 6.07) is 0.438. The molecule has 1 amide bonds. The first-order valence-corrected chi connectivity index (χ1v) is 7.89. The van der Waals surface area contributed by atoms with Crippen LogP contribution in [0.3, 0.4) is 0 Å². The van der Waals surface area contributed by atoms with Crippen molar-refractivity contribution < 1.29 is 19.0 Å². The highest BCUT2D eigenvalue weighted by atomic mass is 16.7. The highest BCUT2D eigenvalue weighted by Crippen LogP contribution is 2.36. The molecule has 2 rings (SSSR count). The molecule has 1 aliphatic heterocycles. The molecule has 2 aliphatic rings. The summed E-state index contributed by atoms with van der Waals surface area (Å²) in [6.07, 6.45) is 4.75. The van der Waals surface area contributed by atoms with E-state index in [0.29, 0.717) is 39.0 Å². The minimum Gasteiger partial charge on any atom is -0.385 e. The molecule has 1 saturated heterocycles. The monoisotopic (exact) mass is 300 g/mol. The van der Waals surface area contributed by atoms with E-state index in [2.05, 4.69) is 10.2 Å². The molecule has 1 heterocycles. The third-order valence-electron chi connectivity index (χ3n) is 4.39. The summed E-state index contributed by atoms with van der Waals surface area (Å²) in [5.74, 6) is -0.234. The number of nitrogens with zero attached hydrogens (tertiary/aromatic N) is 1. The molecular weight excluding hydrogens is 272 g/mol. The Morgan fingerprint density at radius 2 is 2.00 bits per heavy atom. The molecular formula is C15H28N2O4. The molecule has 0 unspecified atom stereocenters. The van der Waals surface area contributed by atoms with E-state index in [4.69, 9.17) is 14.2 Å². The van der Waals surface area contributed by atoms with Crippen LogP contribution in [0.15, 0.2) is 0 Å². The fraction of sp³-hybridized carbons (Fsp3) is 0.933. The number of hydrogen-bond donors (Lipinski definition) is 1. The van der Waals surface area contributed by atoms with Crippen LogP contribution in [-0.4, -0.2) is 69.7 Å².